The molecule has 2 aromatic rings. The Morgan fingerprint density at radius 3 is 2.53 bits per heavy atom. The zero-order chi connectivity index (χ0) is 12.4. The van der Waals surface area contributed by atoms with E-state index in [1.54, 1.807) is 13.2 Å². The molecular weight excluding hydrogens is 219 g/mol. The molecule has 0 aliphatic carbocycles. The first-order valence-corrected chi connectivity index (χ1v) is 5.25. The lowest BCUT2D eigenvalue weighted by atomic mass is 10.0. The highest BCUT2D eigenvalue weighted by molar-refractivity contribution is 5.76. The average molecular weight is 232 g/mol. The van der Waals surface area contributed by atoms with Crippen LogP contribution in [0.15, 0.2) is 36.4 Å². The quantitative estimate of drug-likeness (QED) is 0.858. The third-order valence-corrected chi connectivity index (χ3v) is 2.60. The Kier molecular flexibility index (Phi) is 3.00. The van der Waals surface area contributed by atoms with Crippen LogP contribution in [0.5, 0.6) is 11.5 Å². The zero-order valence-corrected chi connectivity index (χ0v) is 9.70. The third-order valence-electron chi connectivity index (χ3n) is 2.60. The molecule has 0 unspecified atom stereocenters. The fourth-order valence-corrected chi connectivity index (χ4v) is 1.76. The lowest BCUT2D eigenvalue weighted by molar-refractivity contribution is 0.415. The van der Waals surface area contributed by atoms with E-state index in [1.165, 1.54) is 18.2 Å². The van der Waals surface area contributed by atoms with Crippen LogP contribution in [0.4, 0.5) is 4.39 Å². The van der Waals surface area contributed by atoms with Gasteiger partial charge in [0.25, 0.3) is 0 Å². The second-order valence-electron chi connectivity index (χ2n) is 3.87. The molecule has 0 fully saturated rings. The zero-order valence-electron chi connectivity index (χ0n) is 9.70. The van der Waals surface area contributed by atoms with Crippen molar-refractivity contribution >= 4 is 0 Å². The molecule has 1 N–H and O–H groups in total. The van der Waals surface area contributed by atoms with Crippen LogP contribution >= 0.6 is 0 Å². The molecule has 2 nitrogen and oxygen atoms in total. The van der Waals surface area contributed by atoms with Gasteiger partial charge in [0, 0.05) is 11.1 Å². The van der Waals surface area contributed by atoms with Gasteiger partial charge < -0.3 is 9.84 Å². The fraction of sp³-hybridized carbons (Fsp3) is 0.143. The number of rotatable bonds is 2. The van der Waals surface area contributed by atoms with Crippen molar-refractivity contribution in [1.82, 2.24) is 0 Å². The normalized spacial score (nSPS) is 10.3. The molecular formula is C14H13FO2. The maximum absolute atomic E-state index is 13.2. The van der Waals surface area contributed by atoms with E-state index in [-0.39, 0.29) is 11.6 Å². The number of hydrogen-bond donors (Lipinski definition) is 1. The Morgan fingerprint density at radius 2 is 1.82 bits per heavy atom. The first-order chi connectivity index (χ1) is 8.11. The monoisotopic (exact) mass is 232 g/mol. The maximum atomic E-state index is 13.2. The van der Waals surface area contributed by atoms with E-state index in [2.05, 4.69) is 0 Å². The molecule has 0 spiro atoms. The minimum absolute atomic E-state index is 0.0373. The minimum Gasteiger partial charge on any atom is -0.507 e. The molecule has 0 bridgehead atoms. The van der Waals surface area contributed by atoms with Crippen molar-refractivity contribution in [2.75, 3.05) is 7.11 Å². The van der Waals surface area contributed by atoms with Gasteiger partial charge in [0.15, 0.2) is 0 Å². The van der Waals surface area contributed by atoms with E-state index >= 15 is 0 Å². The van der Waals surface area contributed by atoms with Crippen LogP contribution in [0, 0.1) is 12.7 Å². The Morgan fingerprint density at radius 1 is 1.06 bits per heavy atom. The molecule has 0 heterocycles. The number of methoxy groups -OCH3 is 1. The van der Waals surface area contributed by atoms with Crippen LogP contribution in [-0.4, -0.2) is 12.2 Å². The summed E-state index contributed by atoms with van der Waals surface area (Å²) < 4.78 is 18.4. The van der Waals surface area contributed by atoms with Crippen molar-refractivity contribution in [3.05, 3.63) is 47.8 Å². The highest BCUT2D eigenvalue weighted by Gasteiger charge is 2.11. The molecule has 0 aromatic heterocycles. The second-order valence-corrected chi connectivity index (χ2v) is 3.87. The Hall–Kier alpha value is -2.03. The number of aromatic hydroxyl groups is 1. The Bertz CT molecular complexity index is 550. The molecule has 0 radical (unpaired) electrons. The van der Waals surface area contributed by atoms with E-state index in [0.717, 1.165) is 5.56 Å². The second kappa shape index (κ2) is 4.45. The number of phenolic OH excluding ortho intramolecular Hbond substituents is 1. The number of ether oxygens (including phenoxy) is 1. The lowest BCUT2D eigenvalue weighted by Gasteiger charge is -2.11. The van der Waals surface area contributed by atoms with Gasteiger partial charge >= 0.3 is 0 Å². The molecule has 0 saturated heterocycles. The van der Waals surface area contributed by atoms with Crippen LogP contribution in [0.25, 0.3) is 11.1 Å². The predicted molar refractivity (Wildman–Crippen MR) is 64.8 cm³/mol. The minimum atomic E-state index is -0.388. The van der Waals surface area contributed by atoms with Gasteiger partial charge in [-0.05, 0) is 37.3 Å². The number of aryl methyl sites for hydroxylation is 1. The molecule has 2 rings (SSSR count). The summed E-state index contributed by atoms with van der Waals surface area (Å²) in [6, 6.07) is 9.42. The molecule has 88 valence electrons. The number of phenols is 1. The van der Waals surface area contributed by atoms with Gasteiger partial charge in [0.2, 0.25) is 0 Å². The van der Waals surface area contributed by atoms with E-state index in [1.807, 2.05) is 19.1 Å². The summed E-state index contributed by atoms with van der Waals surface area (Å²) in [7, 11) is 1.55. The number of halogens is 1. The maximum Gasteiger partial charge on any atom is 0.126 e. The van der Waals surface area contributed by atoms with E-state index in [0.29, 0.717) is 16.9 Å². The van der Waals surface area contributed by atoms with Crippen LogP contribution in [0.3, 0.4) is 0 Å². The summed E-state index contributed by atoms with van der Waals surface area (Å²) in [6.07, 6.45) is 0. The average Bonchev–Trinajstić information content (AvgIpc) is 2.32. The van der Waals surface area contributed by atoms with Crippen molar-refractivity contribution in [1.29, 1.82) is 0 Å². The number of benzene rings is 2. The summed E-state index contributed by atoms with van der Waals surface area (Å²) in [5.41, 5.74) is 2.14. The molecule has 0 aliphatic rings. The van der Waals surface area contributed by atoms with Crippen LogP contribution in [0.1, 0.15) is 5.56 Å². The van der Waals surface area contributed by atoms with Gasteiger partial charge in [-0.1, -0.05) is 11.6 Å². The Labute approximate surface area is 99.3 Å². The van der Waals surface area contributed by atoms with Crippen molar-refractivity contribution < 1.29 is 14.2 Å². The molecule has 0 saturated carbocycles. The van der Waals surface area contributed by atoms with Gasteiger partial charge in [-0.2, -0.15) is 0 Å². The summed E-state index contributed by atoms with van der Waals surface area (Å²) in [6.45, 7) is 1.93. The highest BCUT2D eigenvalue weighted by Crippen LogP contribution is 2.36. The largest absolute Gasteiger partial charge is 0.507 e. The lowest BCUT2D eigenvalue weighted by Crippen LogP contribution is -1.90. The number of hydrogen-bond acceptors (Lipinski definition) is 2. The molecule has 0 amide bonds. The van der Waals surface area contributed by atoms with E-state index < -0.39 is 0 Å². The smallest absolute Gasteiger partial charge is 0.126 e. The fourth-order valence-electron chi connectivity index (χ4n) is 1.76. The van der Waals surface area contributed by atoms with Gasteiger partial charge in [0.05, 0.1) is 7.11 Å². The topological polar surface area (TPSA) is 29.5 Å². The third kappa shape index (κ3) is 2.23. The predicted octanol–water partition coefficient (Wildman–Crippen LogP) is 3.52. The van der Waals surface area contributed by atoms with Crippen LogP contribution in [0.2, 0.25) is 0 Å². The standard InChI is InChI=1S/C14H13FO2/c1-9-3-6-14(17-2)12(7-9)11-8-10(15)4-5-13(11)16/h3-8,16H,1-2H3. The van der Waals surface area contributed by atoms with Crippen LogP contribution in [-0.2, 0) is 0 Å². The molecule has 0 aliphatic heterocycles. The molecule has 3 heteroatoms. The van der Waals surface area contributed by atoms with Crippen molar-refractivity contribution in [3.8, 4) is 22.6 Å². The highest BCUT2D eigenvalue weighted by atomic mass is 19.1. The summed E-state index contributed by atoms with van der Waals surface area (Å²) in [5.74, 6) is 0.258. The van der Waals surface area contributed by atoms with E-state index in [4.69, 9.17) is 4.74 Å². The van der Waals surface area contributed by atoms with Gasteiger partial charge in [0.1, 0.15) is 17.3 Å². The molecule has 2 aromatic carbocycles. The molecule has 0 atom stereocenters. The van der Waals surface area contributed by atoms with Crippen molar-refractivity contribution in [3.63, 3.8) is 0 Å². The molecule has 17 heavy (non-hydrogen) atoms. The van der Waals surface area contributed by atoms with E-state index in [9.17, 15) is 9.50 Å². The van der Waals surface area contributed by atoms with Gasteiger partial charge in [-0.15, -0.1) is 0 Å². The van der Waals surface area contributed by atoms with Crippen molar-refractivity contribution in [2.24, 2.45) is 0 Å². The first-order valence-electron chi connectivity index (χ1n) is 5.25. The SMILES string of the molecule is COc1ccc(C)cc1-c1cc(F)ccc1O. The van der Waals surface area contributed by atoms with Gasteiger partial charge in [-0.25, -0.2) is 4.39 Å². The van der Waals surface area contributed by atoms with Crippen molar-refractivity contribution in [2.45, 2.75) is 6.92 Å². The summed E-state index contributed by atoms with van der Waals surface area (Å²) >= 11 is 0. The van der Waals surface area contributed by atoms with Crippen LogP contribution < -0.4 is 4.74 Å². The van der Waals surface area contributed by atoms with Gasteiger partial charge in [-0.3, -0.25) is 0 Å². The first kappa shape index (κ1) is 11.5. The Balaban J connectivity index is 2.66. The summed E-state index contributed by atoms with van der Waals surface area (Å²) in [5, 5.41) is 9.78. The summed E-state index contributed by atoms with van der Waals surface area (Å²) in [4.78, 5) is 0.